The van der Waals surface area contributed by atoms with Crippen LogP contribution < -0.4 is 16.6 Å². The third kappa shape index (κ3) is 4.33. The van der Waals surface area contributed by atoms with Crippen LogP contribution in [0.15, 0.2) is 38.9 Å². The van der Waals surface area contributed by atoms with Gasteiger partial charge in [-0.15, -0.1) is 0 Å². The lowest BCUT2D eigenvalue weighted by molar-refractivity contribution is -0.119. The Kier molecular flexibility index (Phi) is 6.43. The molecule has 0 aliphatic carbocycles. The number of benzene rings is 1. The van der Waals surface area contributed by atoms with Gasteiger partial charge >= 0.3 is 5.69 Å². The van der Waals surface area contributed by atoms with Crippen molar-refractivity contribution >= 4 is 28.7 Å². The highest BCUT2D eigenvalue weighted by Gasteiger charge is 2.20. The Balaban J connectivity index is 1.72. The summed E-state index contributed by atoms with van der Waals surface area (Å²) in [6.45, 7) is 3.14. The van der Waals surface area contributed by atoms with E-state index in [1.807, 2.05) is 31.2 Å². The van der Waals surface area contributed by atoms with Gasteiger partial charge in [-0.2, -0.15) is 0 Å². The van der Waals surface area contributed by atoms with Crippen LogP contribution in [0.25, 0.3) is 22.4 Å². The number of amides is 1. The molecule has 0 saturated carbocycles. The first-order valence-corrected chi connectivity index (χ1v) is 11.4. The summed E-state index contributed by atoms with van der Waals surface area (Å²) in [6, 6.07) is 7.62. The number of thioether (sulfide) groups is 1. The molecule has 0 bridgehead atoms. The SMILES string of the molecule is Cc1ccccc1-c1nc(SCC(=O)NC[C@H]2CCCO2)c2c(=O)n(C)c(=O)n(C)c2n1. The molecule has 0 radical (unpaired) electrons. The van der Waals surface area contributed by atoms with Crippen LogP contribution in [-0.4, -0.2) is 50.0 Å². The van der Waals surface area contributed by atoms with Crippen molar-refractivity contribution in [2.75, 3.05) is 18.9 Å². The molecule has 2 aromatic heterocycles. The fourth-order valence-corrected chi connectivity index (χ4v) is 4.54. The molecule has 1 fully saturated rings. The van der Waals surface area contributed by atoms with Gasteiger partial charge in [-0.05, 0) is 25.3 Å². The van der Waals surface area contributed by atoms with Crippen LogP contribution in [-0.2, 0) is 23.6 Å². The zero-order chi connectivity index (χ0) is 22.8. The number of hydrogen-bond acceptors (Lipinski definition) is 7. The number of carbonyl (C=O) groups excluding carboxylic acids is 1. The molecular formula is C22H25N5O4S. The standard InChI is InChI=1S/C22H25N5O4S/c1-13-7-4-5-9-15(13)18-24-19-17(21(29)27(3)22(30)26(19)2)20(25-18)32-12-16(28)23-11-14-8-6-10-31-14/h4-5,7,9,14H,6,8,10-12H2,1-3H3,(H,23,28)/t14-/m1/s1. The molecule has 9 nitrogen and oxygen atoms in total. The van der Waals surface area contributed by atoms with Crippen molar-refractivity contribution in [3.05, 3.63) is 50.7 Å². The van der Waals surface area contributed by atoms with Crippen molar-refractivity contribution in [2.24, 2.45) is 14.1 Å². The fourth-order valence-electron chi connectivity index (χ4n) is 3.70. The van der Waals surface area contributed by atoms with E-state index in [1.54, 1.807) is 7.05 Å². The molecule has 1 N–H and O–H groups in total. The predicted octanol–water partition coefficient (Wildman–Crippen LogP) is 1.39. The molecule has 168 valence electrons. The van der Waals surface area contributed by atoms with Crippen LogP contribution in [0.5, 0.6) is 0 Å². The molecule has 4 rings (SSSR count). The molecule has 1 aliphatic heterocycles. The third-order valence-corrected chi connectivity index (χ3v) is 6.52. The second-order valence-corrected chi connectivity index (χ2v) is 8.76. The zero-order valence-corrected chi connectivity index (χ0v) is 19.1. The van der Waals surface area contributed by atoms with E-state index in [2.05, 4.69) is 15.3 Å². The molecule has 0 spiro atoms. The van der Waals surface area contributed by atoms with Crippen LogP contribution in [0.2, 0.25) is 0 Å². The van der Waals surface area contributed by atoms with Crippen LogP contribution in [0.1, 0.15) is 18.4 Å². The topological polar surface area (TPSA) is 108 Å². The van der Waals surface area contributed by atoms with Gasteiger partial charge in [0, 0.05) is 32.8 Å². The second kappa shape index (κ2) is 9.25. The number of fused-ring (bicyclic) bond motifs is 1. The van der Waals surface area contributed by atoms with Gasteiger partial charge in [-0.25, -0.2) is 14.8 Å². The molecule has 0 unspecified atom stereocenters. The van der Waals surface area contributed by atoms with E-state index in [-0.39, 0.29) is 28.8 Å². The van der Waals surface area contributed by atoms with Crippen molar-refractivity contribution in [2.45, 2.75) is 30.9 Å². The van der Waals surface area contributed by atoms with Gasteiger partial charge in [0.25, 0.3) is 5.56 Å². The monoisotopic (exact) mass is 455 g/mol. The maximum Gasteiger partial charge on any atom is 0.332 e. The smallest absolute Gasteiger partial charge is 0.332 e. The quantitative estimate of drug-likeness (QED) is 0.442. The number of ether oxygens (including phenoxy) is 1. The third-order valence-electron chi connectivity index (χ3n) is 5.54. The van der Waals surface area contributed by atoms with Crippen LogP contribution >= 0.6 is 11.8 Å². The van der Waals surface area contributed by atoms with Gasteiger partial charge in [0.15, 0.2) is 11.5 Å². The highest BCUT2D eigenvalue weighted by Crippen LogP contribution is 2.27. The minimum atomic E-state index is -0.485. The Morgan fingerprint density at radius 2 is 2.00 bits per heavy atom. The number of aromatic nitrogens is 4. The van der Waals surface area contributed by atoms with Gasteiger partial charge in [0.1, 0.15) is 10.4 Å². The van der Waals surface area contributed by atoms with E-state index in [0.29, 0.717) is 17.4 Å². The fraction of sp³-hybridized carbons (Fsp3) is 0.409. The molecule has 3 aromatic rings. The Hall–Kier alpha value is -2.98. The lowest BCUT2D eigenvalue weighted by atomic mass is 10.1. The van der Waals surface area contributed by atoms with E-state index in [0.717, 1.165) is 46.9 Å². The van der Waals surface area contributed by atoms with Gasteiger partial charge in [-0.1, -0.05) is 36.0 Å². The molecule has 1 amide bonds. The Morgan fingerprint density at radius 3 is 2.72 bits per heavy atom. The number of hydrogen-bond donors (Lipinski definition) is 1. The van der Waals surface area contributed by atoms with E-state index < -0.39 is 11.2 Å². The number of carbonyl (C=O) groups is 1. The number of rotatable bonds is 6. The van der Waals surface area contributed by atoms with Crippen molar-refractivity contribution in [3.8, 4) is 11.4 Å². The molecule has 32 heavy (non-hydrogen) atoms. The summed E-state index contributed by atoms with van der Waals surface area (Å²) >= 11 is 1.16. The van der Waals surface area contributed by atoms with Crippen molar-refractivity contribution < 1.29 is 9.53 Å². The van der Waals surface area contributed by atoms with E-state index in [4.69, 9.17) is 4.74 Å². The van der Waals surface area contributed by atoms with Crippen molar-refractivity contribution in [1.29, 1.82) is 0 Å². The largest absolute Gasteiger partial charge is 0.376 e. The van der Waals surface area contributed by atoms with Crippen LogP contribution in [0.3, 0.4) is 0 Å². The lowest BCUT2D eigenvalue weighted by Gasteiger charge is -2.13. The predicted molar refractivity (Wildman–Crippen MR) is 123 cm³/mol. The Labute approximate surface area is 188 Å². The van der Waals surface area contributed by atoms with Crippen LogP contribution in [0.4, 0.5) is 0 Å². The van der Waals surface area contributed by atoms with Gasteiger partial charge in [-0.3, -0.25) is 18.7 Å². The number of nitrogens with one attached hydrogen (secondary N) is 1. The highest BCUT2D eigenvalue weighted by atomic mass is 32.2. The van der Waals surface area contributed by atoms with Gasteiger partial charge in [0.05, 0.1) is 11.9 Å². The average Bonchev–Trinajstić information content (AvgIpc) is 3.32. The highest BCUT2D eigenvalue weighted by molar-refractivity contribution is 8.00. The minimum Gasteiger partial charge on any atom is -0.376 e. The molecule has 10 heteroatoms. The summed E-state index contributed by atoms with van der Waals surface area (Å²) < 4.78 is 7.90. The summed E-state index contributed by atoms with van der Waals surface area (Å²) in [4.78, 5) is 47.0. The van der Waals surface area contributed by atoms with E-state index >= 15 is 0 Å². The van der Waals surface area contributed by atoms with Crippen molar-refractivity contribution in [3.63, 3.8) is 0 Å². The maximum atomic E-state index is 12.9. The molecule has 1 aromatic carbocycles. The first kappa shape index (κ1) is 22.2. The summed E-state index contributed by atoms with van der Waals surface area (Å²) in [5.74, 6) is 0.315. The average molecular weight is 456 g/mol. The molecule has 3 heterocycles. The Bertz CT molecular complexity index is 1290. The van der Waals surface area contributed by atoms with E-state index in [9.17, 15) is 14.4 Å². The minimum absolute atomic E-state index is 0.0540. The van der Waals surface area contributed by atoms with Crippen molar-refractivity contribution in [1.82, 2.24) is 24.4 Å². The van der Waals surface area contributed by atoms with Crippen LogP contribution in [0, 0.1) is 6.92 Å². The molecule has 1 saturated heterocycles. The second-order valence-electron chi connectivity index (χ2n) is 7.80. The lowest BCUT2D eigenvalue weighted by Crippen LogP contribution is -2.38. The molecule has 1 atom stereocenters. The summed E-state index contributed by atoms with van der Waals surface area (Å²) in [5.41, 5.74) is 1.05. The normalized spacial score (nSPS) is 15.9. The summed E-state index contributed by atoms with van der Waals surface area (Å²) in [5, 5.41) is 3.48. The Morgan fingerprint density at radius 1 is 1.22 bits per heavy atom. The first-order chi connectivity index (χ1) is 15.4. The summed E-state index contributed by atoms with van der Waals surface area (Å²) in [7, 11) is 2.99. The maximum absolute atomic E-state index is 12.9. The number of nitrogens with zero attached hydrogens (tertiary/aromatic N) is 4. The summed E-state index contributed by atoms with van der Waals surface area (Å²) in [6.07, 6.45) is 2.00. The molecule has 1 aliphatic rings. The number of aryl methyl sites for hydroxylation is 2. The van der Waals surface area contributed by atoms with Gasteiger partial charge < -0.3 is 10.1 Å². The van der Waals surface area contributed by atoms with E-state index in [1.165, 1.54) is 11.6 Å². The van der Waals surface area contributed by atoms with Gasteiger partial charge in [0.2, 0.25) is 5.91 Å². The zero-order valence-electron chi connectivity index (χ0n) is 18.3. The molecular weight excluding hydrogens is 430 g/mol. The first-order valence-electron chi connectivity index (χ1n) is 10.4.